The molecule has 5 aliphatic rings. The Hall–Kier alpha value is -2.26. The zero-order valence-corrected chi connectivity index (χ0v) is 26.7. The molecule has 7 atom stereocenters. The minimum absolute atomic E-state index is 0.00999. The number of Topliss-reactive ketones (excluding diaryl/α,β-unsaturated/α-hetero) is 1. The summed E-state index contributed by atoms with van der Waals surface area (Å²) in [6, 6.07) is 2.18. The van der Waals surface area contributed by atoms with Gasteiger partial charge in [-0.25, -0.2) is 0 Å². The van der Waals surface area contributed by atoms with Gasteiger partial charge in [0.2, 0.25) is 5.91 Å². The molecule has 6 nitrogen and oxygen atoms in total. The van der Waals surface area contributed by atoms with Crippen LogP contribution in [0.25, 0.3) is 0 Å². The van der Waals surface area contributed by atoms with Crippen LogP contribution in [-0.4, -0.2) is 34.7 Å². The largest absolute Gasteiger partial charge is 0.389 e. The summed E-state index contributed by atoms with van der Waals surface area (Å²) >= 11 is 0. The Morgan fingerprint density at radius 2 is 1.68 bits per heavy atom. The summed E-state index contributed by atoms with van der Waals surface area (Å²) in [7, 11) is 0. The third-order valence-corrected chi connectivity index (χ3v) is 13.0. The third kappa shape index (κ3) is 4.08. The van der Waals surface area contributed by atoms with Crippen molar-refractivity contribution in [2.45, 2.75) is 113 Å². The molecule has 5 rings (SSSR count). The second-order valence-electron chi connectivity index (χ2n) is 16.9. The molecular weight excluding hydrogens is 512 g/mol. The van der Waals surface area contributed by atoms with Gasteiger partial charge in [-0.2, -0.15) is 5.26 Å². The van der Waals surface area contributed by atoms with E-state index < -0.39 is 21.8 Å². The molecule has 0 heterocycles. The van der Waals surface area contributed by atoms with Crippen molar-refractivity contribution < 1.29 is 19.5 Å². The first-order valence-electron chi connectivity index (χ1n) is 15.6. The van der Waals surface area contributed by atoms with Crippen molar-refractivity contribution in [3.8, 4) is 6.07 Å². The highest BCUT2D eigenvalue weighted by molar-refractivity contribution is 6.04. The number of hydrogen-bond acceptors (Lipinski definition) is 5. The van der Waals surface area contributed by atoms with Crippen molar-refractivity contribution in [3.05, 3.63) is 23.3 Å². The normalized spacial score (nSPS) is 42.8. The van der Waals surface area contributed by atoms with E-state index in [4.69, 9.17) is 0 Å². The molecule has 1 amide bonds. The topological polar surface area (TPSA) is 107 Å². The van der Waals surface area contributed by atoms with Crippen LogP contribution in [0.2, 0.25) is 0 Å². The molecule has 2 N–H and O–H groups in total. The highest BCUT2D eigenvalue weighted by atomic mass is 16.3. The molecule has 0 radical (unpaired) electrons. The van der Waals surface area contributed by atoms with Gasteiger partial charge in [0, 0.05) is 23.3 Å². The number of amides is 1. The van der Waals surface area contributed by atoms with E-state index in [1.165, 1.54) is 0 Å². The van der Waals surface area contributed by atoms with Gasteiger partial charge < -0.3 is 10.4 Å². The van der Waals surface area contributed by atoms with Gasteiger partial charge in [-0.15, -0.1) is 0 Å². The summed E-state index contributed by atoms with van der Waals surface area (Å²) in [6.07, 6.45) is 9.48. The van der Waals surface area contributed by atoms with E-state index in [1.54, 1.807) is 13.8 Å². The minimum atomic E-state index is -1.01. The van der Waals surface area contributed by atoms with Gasteiger partial charge in [0.1, 0.15) is 6.07 Å². The number of carbonyl (C=O) groups excluding carboxylic acids is 3. The minimum Gasteiger partial charge on any atom is -0.389 e. The number of nitriles is 1. The first-order valence-corrected chi connectivity index (χ1v) is 15.6. The number of fused-ring (bicyclic) bond motifs is 7. The molecule has 0 aliphatic heterocycles. The molecule has 224 valence electrons. The summed E-state index contributed by atoms with van der Waals surface area (Å²) in [5.41, 5.74) is -2.25. The number of carbonyl (C=O) groups is 3. The quantitative estimate of drug-likeness (QED) is 0.433. The van der Waals surface area contributed by atoms with Crippen LogP contribution >= 0.6 is 0 Å². The van der Waals surface area contributed by atoms with Crippen molar-refractivity contribution in [2.75, 3.05) is 6.54 Å². The molecule has 3 fully saturated rings. The van der Waals surface area contributed by atoms with E-state index in [1.807, 2.05) is 26.0 Å². The molecule has 0 aromatic carbocycles. The van der Waals surface area contributed by atoms with Crippen LogP contribution in [0.3, 0.4) is 0 Å². The van der Waals surface area contributed by atoms with E-state index >= 15 is 0 Å². The number of hydrogen-bond donors (Lipinski definition) is 2. The lowest BCUT2D eigenvalue weighted by molar-refractivity contribution is -0.178. The smallest absolute Gasteiger partial charge is 0.226 e. The molecule has 4 unspecified atom stereocenters. The van der Waals surface area contributed by atoms with Gasteiger partial charge in [0.25, 0.3) is 0 Å². The van der Waals surface area contributed by atoms with Gasteiger partial charge in [0.05, 0.1) is 16.6 Å². The molecular formula is C35H50N2O4. The third-order valence-electron chi connectivity index (χ3n) is 13.0. The Bertz CT molecular complexity index is 1310. The monoisotopic (exact) mass is 562 g/mol. The Morgan fingerprint density at radius 3 is 2.29 bits per heavy atom. The summed E-state index contributed by atoms with van der Waals surface area (Å²) in [4.78, 5) is 41.9. The number of nitrogens with one attached hydrogen (secondary N) is 1. The molecule has 0 saturated heterocycles. The maximum atomic E-state index is 14.6. The van der Waals surface area contributed by atoms with E-state index in [-0.39, 0.29) is 63.6 Å². The fourth-order valence-corrected chi connectivity index (χ4v) is 10.5. The highest BCUT2D eigenvalue weighted by Crippen LogP contribution is 2.74. The second-order valence-corrected chi connectivity index (χ2v) is 16.9. The van der Waals surface area contributed by atoms with Crippen LogP contribution in [0.1, 0.15) is 107 Å². The van der Waals surface area contributed by atoms with Gasteiger partial charge in [-0.05, 0) is 93.0 Å². The zero-order valence-electron chi connectivity index (χ0n) is 26.7. The van der Waals surface area contributed by atoms with E-state index in [0.717, 1.165) is 50.5 Å². The standard InChI is InChI=1S/C35H50N2O4/c1-29(2)12-14-35(28(40)37-20-30(3,4)41)15-13-34(9)26(22(35)18-29)23(38)16-25-32(7)17-21(19-36)27(39)31(5,6)24(32)10-11-33(25,34)8/h16-17,22,24,26,41H,10-15,18,20H2,1-9H3,(H,37,40)/t22?,24-,26?,32?,33?,34+,35-/m0/s1. The lowest BCUT2D eigenvalue weighted by atomic mass is 9.34. The van der Waals surface area contributed by atoms with E-state index in [0.29, 0.717) is 0 Å². The molecule has 5 aliphatic carbocycles. The lowest BCUT2D eigenvalue weighted by Crippen LogP contribution is -2.66. The molecule has 0 spiro atoms. The average molecular weight is 563 g/mol. The highest BCUT2D eigenvalue weighted by Gasteiger charge is 2.70. The van der Waals surface area contributed by atoms with Gasteiger partial charge in [0.15, 0.2) is 11.6 Å². The van der Waals surface area contributed by atoms with Crippen molar-refractivity contribution in [1.29, 1.82) is 5.26 Å². The van der Waals surface area contributed by atoms with Gasteiger partial charge in [-0.1, -0.05) is 60.1 Å². The Balaban J connectivity index is 1.65. The fourth-order valence-electron chi connectivity index (χ4n) is 10.5. The predicted octanol–water partition coefficient (Wildman–Crippen LogP) is 6.09. The molecule has 0 aromatic rings. The fraction of sp³-hybridized carbons (Fsp3) is 0.771. The molecule has 0 aromatic heterocycles. The van der Waals surface area contributed by atoms with E-state index in [2.05, 4.69) is 46.0 Å². The van der Waals surface area contributed by atoms with Crippen LogP contribution in [0, 0.1) is 61.6 Å². The second kappa shape index (κ2) is 8.88. The maximum Gasteiger partial charge on any atom is 0.226 e. The van der Waals surface area contributed by atoms with Crippen molar-refractivity contribution in [3.63, 3.8) is 0 Å². The maximum absolute atomic E-state index is 14.6. The van der Waals surface area contributed by atoms with E-state index in [9.17, 15) is 24.8 Å². The Morgan fingerprint density at radius 1 is 1.05 bits per heavy atom. The summed E-state index contributed by atoms with van der Waals surface area (Å²) in [5.74, 6) is -0.368. The first kappa shape index (κ1) is 30.2. The number of nitrogens with zero attached hydrogens (tertiary/aromatic N) is 1. The van der Waals surface area contributed by atoms with Crippen molar-refractivity contribution in [2.24, 2.45) is 50.2 Å². The lowest BCUT2D eigenvalue weighted by Gasteiger charge is -2.69. The molecule has 41 heavy (non-hydrogen) atoms. The average Bonchev–Trinajstić information content (AvgIpc) is 2.85. The number of allylic oxidation sites excluding steroid dienone is 4. The van der Waals surface area contributed by atoms with Crippen LogP contribution in [0.15, 0.2) is 23.3 Å². The Kier molecular flexibility index (Phi) is 6.54. The summed E-state index contributed by atoms with van der Waals surface area (Å²) < 4.78 is 0. The SMILES string of the molecule is CC(C)(O)CNC(=O)[C@]12CCC(C)(C)CC1C1C(=O)C=C3C4(C)C=C(C#N)C(=O)C(C)(C)[C@@H]4CCC3(C)[C@]1(C)CC2. The summed E-state index contributed by atoms with van der Waals surface area (Å²) in [5, 5.41) is 23.4. The molecule has 3 saturated carbocycles. The van der Waals surface area contributed by atoms with Crippen LogP contribution in [0.4, 0.5) is 0 Å². The van der Waals surface area contributed by atoms with Crippen LogP contribution in [-0.2, 0) is 14.4 Å². The molecule has 6 heteroatoms. The van der Waals surface area contributed by atoms with Crippen LogP contribution < -0.4 is 5.32 Å². The first-order chi connectivity index (χ1) is 18.7. The Labute approximate surface area is 246 Å². The van der Waals surface area contributed by atoms with Gasteiger partial charge in [-0.3, -0.25) is 14.4 Å². The van der Waals surface area contributed by atoms with Crippen molar-refractivity contribution in [1.82, 2.24) is 5.32 Å². The van der Waals surface area contributed by atoms with Gasteiger partial charge >= 0.3 is 0 Å². The van der Waals surface area contributed by atoms with Crippen molar-refractivity contribution >= 4 is 17.5 Å². The number of rotatable bonds is 3. The predicted molar refractivity (Wildman–Crippen MR) is 158 cm³/mol. The summed E-state index contributed by atoms with van der Waals surface area (Å²) in [6.45, 7) is 18.8. The number of aliphatic hydroxyl groups is 1. The zero-order chi connectivity index (χ0) is 30.6. The van der Waals surface area contributed by atoms with Crippen LogP contribution in [0.5, 0.6) is 0 Å². The molecule has 0 bridgehead atoms. The number of ketones is 2.